The number of hydrogen-bond acceptors (Lipinski definition) is 4. The molecule has 0 heterocycles. The minimum absolute atomic E-state index is 0.0299. The van der Waals surface area contributed by atoms with Crippen LogP contribution in [0, 0.1) is 0 Å². The first-order chi connectivity index (χ1) is 12.1. The van der Waals surface area contributed by atoms with Gasteiger partial charge in [-0.15, -0.1) is 0 Å². The largest absolute Gasteiger partial charge is 0.550 e. The van der Waals surface area contributed by atoms with Gasteiger partial charge in [0.25, 0.3) is 0 Å². The number of ketones is 1. The number of carbonyl (C=O) groups is 2. The SMILES string of the molecule is CCCCCCCCCCCC=CC(=O)C(O)(CC(=O)[O-])C[N+](C)(C)C. The maximum atomic E-state index is 12.3. The van der Waals surface area contributed by atoms with Crippen LogP contribution in [0.2, 0.25) is 0 Å². The van der Waals surface area contributed by atoms with Crippen LogP contribution in [0.15, 0.2) is 12.2 Å². The fourth-order valence-electron chi connectivity index (χ4n) is 3.16. The van der Waals surface area contributed by atoms with E-state index in [1.807, 2.05) is 0 Å². The van der Waals surface area contributed by atoms with Crippen molar-refractivity contribution in [1.82, 2.24) is 0 Å². The van der Waals surface area contributed by atoms with Crippen LogP contribution < -0.4 is 5.11 Å². The summed E-state index contributed by atoms with van der Waals surface area (Å²) in [6.45, 7) is 2.25. The molecule has 5 heteroatoms. The minimum atomic E-state index is -1.91. The first-order valence-corrected chi connectivity index (χ1v) is 10.0. The van der Waals surface area contributed by atoms with Crippen LogP contribution in [0.25, 0.3) is 0 Å². The van der Waals surface area contributed by atoms with Crippen LogP contribution in [-0.4, -0.2) is 54.6 Å². The summed E-state index contributed by atoms with van der Waals surface area (Å²) < 4.78 is 0.293. The van der Waals surface area contributed by atoms with E-state index in [-0.39, 0.29) is 6.54 Å². The van der Waals surface area contributed by atoms with Gasteiger partial charge in [-0.1, -0.05) is 64.4 Å². The fourth-order valence-corrected chi connectivity index (χ4v) is 3.16. The highest BCUT2D eigenvalue weighted by Gasteiger charge is 2.39. The Bertz CT molecular complexity index is 440. The number of likely N-dealkylation sites (N-methyl/N-ethyl adjacent to an activating group) is 1. The van der Waals surface area contributed by atoms with Gasteiger partial charge in [0.15, 0.2) is 11.4 Å². The molecule has 0 saturated heterocycles. The normalized spacial score (nSPS) is 14.5. The highest BCUT2D eigenvalue weighted by molar-refractivity contribution is 5.99. The highest BCUT2D eigenvalue weighted by Crippen LogP contribution is 2.17. The zero-order valence-corrected chi connectivity index (χ0v) is 17.3. The average molecular weight is 370 g/mol. The third-order valence-electron chi connectivity index (χ3n) is 4.37. The lowest BCUT2D eigenvalue weighted by Crippen LogP contribution is -2.55. The van der Waals surface area contributed by atoms with Crippen molar-refractivity contribution < 1.29 is 24.3 Å². The van der Waals surface area contributed by atoms with Gasteiger partial charge in [-0.2, -0.15) is 0 Å². The number of hydrogen-bond donors (Lipinski definition) is 1. The summed E-state index contributed by atoms with van der Waals surface area (Å²) in [5.41, 5.74) is -1.91. The van der Waals surface area contributed by atoms with E-state index in [1.165, 1.54) is 51.0 Å². The Labute approximate surface area is 159 Å². The zero-order valence-electron chi connectivity index (χ0n) is 17.3. The van der Waals surface area contributed by atoms with Crippen molar-refractivity contribution in [2.75, 3.05) is 27.7 Å². The lowest BCUT2D eigenvalue weighted by Gasteiger charge is -2.34. The van der Waals surface area contributed by atoms with E-state index in [9.17, 15) is 19.8 Å². The van der Waals surface area contributed by atoms with E-state index < -0.39 is 23.8 Å². The van der Waals surface area contributed by atoms with Crippen molar-refractivity contribution >= 4 is 11.8 Å². The molecule has 0 aliphatic rings. The lowest BCUT2D eigenvalue weighted by atomic mass is 9.92. The predicted molar refractivity (Wildman–Crippen MR) is 103 cm³/mol. The number of rotatable bonds is 16. The van der Waals surface area contributed by atoms with E-state index >= 15 is 0 Å². The van der Waals surface area contributed by atoms with E-state index in [4.69, 9.17) is 0 Å². The van der Waals surface area contributed by atoms with Gasteiger partial charge in [0.1, 0.15) is 6.54 Å². The maximum Gasteiger partial charge on any atom is 0.193 e. The van der Waals surface area contributed by atoms with Gasteiger partial charge in [-0.05, 0) is 18.9 Å². The molecule has 0 aromatic carbocycles. The van der Waals surface area contributed by atoms with Gasteiger partial charge in [-0.25, -0.2) is 0 Å². The van der Waals surface area contributed by atoms with Crippen molar-refractivity contribution in [2.45, 2.75) is 83.2 Å². The Morgan fingerprint density at radius 2 is 1.46 bits per heavy atom. The molecule has 0 saturated carbocycles. The van der Waals surface area contributed by atoms with Crippen LogP contribution in [0.3, 0.4) is 0 Å². The second-order valence-electron chi connectivity index (χ2n) is 8.41. The molecule has 0 aliphatic heterocycles. The summed E-state index contributed by atoms with van der Waals surface area (Å²) >= 11 is 0. The van der Waals surface area contributed by atoms with E-state index in [2.05, 4.69) is 6.92 Å². The number of aliphatic carboxylic acids is 1. The average Bonchev–Trinajstić information content (AvgIpc) is 2.49. The highest BCUT2D eigenvalue weighted by atomic mass is 16.4. The molecule has 0 amide bonds. The van der Waals surface area contributed by atoms with Gasteiger partial charge < -0.3 is 19.5 Å². The molecule has 1 unspecified atom stereocenters. The summed E-state index contributed by atoms with van der Waals surface area (Å²) in [5.74, 6) is -1.97. The molecule has 5 nitrogen and oxygen atoms in total. The summed E-state index contributed by atoms with van der Waals surface area (Å²) in [5, 5.41) is 21.4. The lowest BCUT2D eigenvalue weighted by molar-refractivity contribution is -0.875. The van der Waals surface area contributed by atoms with Crippen LogP contribution in [0.1, 0.15) is 77.6 Å². The van der Waals surface area contributed by atoms with E-state index in [1.54, 1.807) is 27.2 Å². The molecule has 26 heavy (non-hydrogen) atoms. The molecule has 152 valence electrons. The Morgan fingerprint density at radius 1 is 0.962 bits per heavy atom. The minimum Gasteiger partial charge on any atom is -0.550 e. The molecule has 0 rings (SSSR count). The van der Waals surface area contributed by atoms with Gasteiger partial charge in [0.2, 0.25) is 0 Å². The number of carboxylic acids is 1. The quantitative estimate of drug-likeness (QED) is 0.258. The van der Waals surface area contributed by atoms with E-state index in [0.717, 1.165) is 19.3 Å². The first kappa shape index (κ1) is 24.8. The molecule has 0 aromatic heterocycles. The van der Waals surface area contributed by atoms with Gasteiger partial charge in [0, 0.05) is 12.4 Å². The number of nitrogens with zero attached hydrogens (tertiary/aromatic N) is 1. The summed E-state index contributed by atoms with van der Waals surface area (Å²) in [4.78, 5) is 23.2. The monoisotopic (exact) mass is 369 g/mol. The zero-order chi connectivity index (χ0) is 20.1. The first-order valence-electron chi connectivity index (χ1n) is 10.0. The van der Waals surface area contributed by atoms with Crippen LogP contribution in [-0.2, 0) is 9.59 Å². The van der Waals surface area contributed by atoms with Crippen molar-refractivity contribution in [1.29, 1.82) is 0 Å². The molecular weight excluding hydrogens is 330 g/mol. The molecule has 0 aliphatic carbocycles. The Kier molecular flexibility index (Phi) is 12.4. The summed E-state index contributed by atoms with van der Waals surface area (Å²) in [6.07, 6.45) is 14.4. The second-order valence-corrected chi connectivity index (χ2v) is 8.41. The van der Waals surface area contributed by atoms with Crippen LogP contribution in [0.5, 0.6) is 0 Å². The van der Waals surface area contributed by atoms with Crippen molar-refractivity contribution in [3.8, 4) is 0 Å². The Morgan fingerprint density at radius 3 is 1.92 bits per heavy atom. The van der Waals surface area contributed by atoms with Crippen molar-refractivity contribution in [2.24, 2.45) is 0 Å². The number of aliphatic hydroxyl groups is 1. The standard InChI is InChI=1S/C21H39NO4/c1-5-6-7-8-9-10-11-12-13-14-15-16-19(23)21(26,17-20(24)25)18-22(2,3)4/h15-16,26H,5-14,17-18H2,1-4H3. The van der Waals surface area contributed by atoms with Gasteiger partial charge in [-0.3, -0.25) is 4.79 Å². The Hall–Kier alpha value is -1.20. The molecule has 0 radical (unpaired) electrons. The molecule has 0 bridgehead atoms. The third kappa shape index (κ3) is 13.1. The van der Waals surface area contributed by atoms with Crippen LogP contribution in [0.4, 0.5) is 0 Å². The van der Waals surface area contributed by atoms with Crippen LogP contribution >= 0.6 is 0 Å². The van der Waals surface area contributed by atoms with Crippen molar-refractivity contribution in [3.63, 3.8) is 0 Å². The summed E-state index contributed by atoms with van der Waals surface area (Å²) in [6, 6.07) is 0. The molecule has 0 fully saturated rings. The number of unbranched alkanes of at least 4 members (excludes halogenated alkanes) is 9. The summed E-state index contributed by atoms with van der Waals surface area (Å²) in [7, 11) is 5.42. The van der Waals surface area contributed by atoms with E-state index in [0.29, 0.717) is 4.48 Å². The van der Waals surface area contributed by atoms with Gasteiger partial charge in [0.05, 0.1) is 21.1 Å². The number of carbonyl (C=O) groups excluding carboxylic acids is 2. The number of quaternary nitrogens is 1. The van der Waals surface area contributed by atoms with Gasteiger partial charge >= 0.3 is 0 Å². The third-order valence-corrected chi connectivity index (χ3v) is 4.37. The fraction of sp³-hybridized carbons (Fsp3) is 0.810. The number of carboxylic acid groups (broad SMARTS) is 1. The molecule has 0 spiro atoms. The maximum absolute atomic E-state index is 12.3. The smallest absolute Gasteiger partial charge is 0.193 e. The molecular formula is C21H39NO4. The number of allylic oxidation sites excluding steroid dienone is 1. The molecule has 1 atom stereocenters. The molecule has 0 aromatic rings. The second kappa shape index (κ2) is 13.0. The predicted octanol–water partition coefficient (Wildman–Crippen LogP) is 2.61. The molecule has 1 N–H and O–H groups in total. The van der Waals surface area contributed by atoms with Crippen molar-refractivity contribution in [3.05, 3.63) is 12.2 Å². The topological polar surface area (TPSA) is 77.4 Å². The Balaban J connectivity index is 4.15.